The maximum atomic E-state index is 13.5. The van der Waals surface area contributed by atoms with Gasteiger partial charge in [0.15, 0.2) is 0 Å². The molecule has 0 bridgehead atoms. The minimum Gasteiger partial charge on any atom is -0.756 e. The van der Waals surface area contributed by atoms with Crippen LogP contribution >= 0.6 is 7.82 Å². The molecule has 3 unspecified atom stereocenters. The van der Waals surface area contributed by atoms with Gasteiger partial charge in [-0.3, -0.25) is 14.2 Å². The Morgan fingerprint density at radius 2 is 0.861 bits per heavy atom. The molecular weight excluding hydrogens is 916 g/mol. The zero-order valence-electron chi connectivity index (χ0n) is 47.6. The van der Waals surface area contributed by atoms with Crippen LogP contribution in [0, 0.1) is 0 Å². The zero-order valence-corrected chi connectivity index (χ0v) is 48.5. The Morgan fingerprint density at radius 1 is 0.486 bits per heavy atom. The van der Waals surface area contributed by atoms with Gasteiger partial charge >= 0.3 is 5.97 Å². The predicted molar refractivity (Wildman–Crippen MR) is 307 cm³/mol. The van der Waals surface area contributed by atoms with Crippen molar-refractivity contribution in [1.29, 1.82) is 0 Å². The number of hydrogen-bond donors (Lipinski definition) is 1. The second-order valence-electron chi connectivity index (χ2n) is 21.1. The average Bonchev–Trinajstić information content (AvgIpc) is 3.34. The van der Waals surface area contributed by atoms with E-state index in [1.807, 2.05) is 33.3 Å². The van der Waals surface area contributed by atoms with Crippen LogP contribution in [0.1, 0.15) is 258 Å². The van der Waals surface area contributed by atoms with Gasteiger partial charge in [-0.05, 0) is 96.0 Å². The fourth-order valence-corrected chi connectivity index (χ4v) is 8.94. The number of nitrogens with zero attached hydrogens (tertiary/aromatic N) is 1. The number of phosphoric ester groups is 1. The Kier molecular flexibility index (Phi) is 50.1. The molecule has 1 amide bonds. The summed E-state index contributed by atoms with van der Waals surface area (Å²) in [5.74, 6) is -0.611. The number of nitrogens with one attached hydrogen (secondary N) is 1. The van der Waals surface area contributed by atoms with E-state index in [-0.39, 0.29) is 18.9 Å². The van der Waals surface area contributed by atoms with Gasteiger partial charge in [0, 0.05) is 12.8 Å². The SMILES string of the molecule is CCCCC/C=C\C/C=C\C/C=C\C/C=C\CCCC(=O)OC(/C=C/CCCCCCCCCCCC)C(COP(=O)([O-])OCC[N+](C)(C)C)NC(=O)CCCCCCCCC/C=C/CCCCCCCC. The predicted octanol–water partition coefficient (Wildman–Crippen LogP) is 17.4. The van der Waals surface area contributed by atoms with E-state index in [9.17, 15) is 19.0 Å². The van der Waals surface area contributed by atoms with Gasteiger partial charge in [-0.2, -0.15) is 0 Å². The summed E-state index contributed by atoms with van der Waals surface area (Å²) >= 11 is 0. The van der Waals surface area contributed by atoms with E-state index in [4.69, 9.17) is 13.8 Å². The van der Waals surface area contributed by atoms with Crippen LogP contribution in [-0.2, 0) is 27.9 Å². The third kappa shape index (κ3) is 52.3. The monoisotopic (exact) mass is 1030 g/mol. The number of unbranched alkanes of at least 4 members (excludes halogenated alkanes) is 27. The highest BCUT2D eigenvalue weighted by Gasteiger charge is 2.27. The smallest absolute Gasteiger partial charge is 0.306 e. The van der Waals surface area contributed by atoms with Crippen LogP contribution < -0.4 is 10.2 Å². The van der Waals surface area contributed by atoms with Crippen LogP contribution in [0.5, 0.6) is 0 Å². The highest BCUT2D eigenvalue weighted by molar-refractivity contribution is 7.45. The van der Waals surface area contributed by atoms with E-state index in [0.717, 1.165) is 77.0 Å². The number of carbonyl (C=O) groups excluding carboxylic acids is 2. The summed E-state index contributed by atoms with van der Waals surface area (Å²) in [5, 5.41) is 3.01. The first-order chi connectivity index (χ1) is 34.9. The number of rotatable bonds is 53. The Labute approximate surface area is 444 Å². The molecule has 0 aromatic carbocycles. The molecule has 0 saturated carbocycles. The summed E-state index contributed by atoms with van der Waals surface area (Å²) < 4.78 is 30.2. The molecule has 9 nitrogen and oxygen atoms in total. The lowest BCUT2D eigenvalue weighted by Gasteiger charge is -2.30. The Bertz CT molecular complexity index is 1460. The second kappa shape index (κ2) is 51.9. The van der Waals surface area contributed by atoms with Crippen molar-refractivity contribution in [3.05, 3.63) is 72.9 Å². The van der Waals surface area contributed by atoms with Crippen molar-refractivity contribution in [2.75, 3.05) is 40.9 Å². The topological polar surface area (TPSA) is 114 Å². The maximum Gasteiger partial charge on any atom is 0.306 e. The van der Waals surface area contributed by atoms with Crippen molar-refractivity contribution in [1.82, 2.24) is 5.32 Å². The van der Waals surface area contributed by atoms with Gasteiger partial charge in [-0.25, -0.2) is 0 Å². The standard InChI is InChI=1S/C62H113N2O7P/c1-7-10-13-16-19-22-25-28-30-32-34-36-39-42-45-48-51-54-61(65)63-59(58-70-72(67,68)69-57-56-64(4,5)6)60(53-50-47-44-41-38-27-24-21-18-15-12-9-3)71-62(66)55-52-49-46-43-40-37-35-33-31-29-26-23-20-17-14-11-8-2/h20,23,28-31,35,37,43,46,50,53,59-60H,7-19,21-22,24-27,32-34,36,38-42,44-45,47-49,51-52,54-58H2,1-6H3,(H-,63,65,67,68)/b23-20-,30-28+,31-29-,37-35-,46-43-,53-50+. The molecular formula is C62H113N2O7P. The van der Waals surface area contributed by atoms with Crippen LogP contribution in [0.3, 0.4) is 0 Å². The van der Waals surface area contributed by atoms with E-state index in [1.54, 1.807) is 0 Å². The minimum atomic E-state index is -4.71. The van der Waals surface area contributed by atoms with Gasteiger partial charge in [0.2, 0.25) is 5.91 Å². The number of hydrogen-bond acceptors (Lipinski definition) is 7. The summed E-state index contributed by atoms with van der Waals surface area (Å²) in [6, 6.07) is -0.914. The normalized spacial score (nSPS) is 14.3. The molecule has 0 aliphatic rings. The minimum absolute atomic E-state index is 0.0335. The molecule has 0 radical (unpaired) electrons. The molecule has 0 spiro atoms. The second-order valence-corrected chi connectivity index (χ2v) is 22.6. The number of phosphoric acid groups is 1. The number of amides is 1. The van der Waals surface area contributed by atoms with Crippen molar-refractivity contribution in [3.8, 4) is 0 Å². The lowest BCUT2D eigenvalue weighted by molar-refractivity contribution is -0.870. The molecule has 0 heterocycles. The molecule has 0 rings (SSSR count). The summed E-state index contributed by atoms with van der Waals surface area (Å²) in [5.41, 5.74) is 0. The van der Waals surface area contributed by atoms with Gasteiger partial charge in [-0.15, -0.1) is 0 Å². The van der Waals surface area contributed by atoms with Gasteiger partial charge in [-0.1, -0.05) is 222 Å². The largest absolute Gasteiger partial charge is 0.756 e. The lowest BCUT2D eigenvalue weighted by atomic mass is 10.0. The molecule has 10 heteroatoms. The lowest BCUT2D eigenvalue weighted by Crippen LogP contribution is -2.47. The number of carbonyl (C=O) groups is 2. The van der Waals surface area contributed by atoms with Crippen molar-refractivity contribution in [3.63, 3.8) is 0 Å². The third-order valence-electron chi connectivity index (χ3n) is 12.9. The summed E-state index contributed by atoms with van der Waals surface area (Å²) in [6.07, 6.45) is 65.8. The highest BCUT2D eigenvalue weighted by Crippen LogP contribution is 2.38. The summed E-state index contributed by atoms with van der Waals surface area (Å²) in [6.45, 7) is 6.77. The molecule has 72 heavy (non-hydrogen) atoms. The van der Waals surface area contributed by atoms with Gasteiger partial charge in [0.05, 0.1) is 33.8 Å². The zero-order chi connectivity index (χ0) is 52.9. The van der Waals surface area contributed by atoms with Crippen LogP contribution in [0.15, 0.2) is 72.9 Å². The molecule has 0 aliphatic heterocycles. The molecule has 0 aliphatic carbocycles. The Balaban J connectivity index is 5.41. The Hall–Kier alpha value is -2.55. The van der Waals surface area contributed by atoms with Gasteiger partial charge in [0.25, 0.3) is 7.82 Å². The quantitative estimate of drug-likeness (QED) is 0.0212. The first-order valence-corrected chi connectivity index (χ1v) is 31.2. The molecule has 0 fully saturated rings. The van der Waals surface area contributed by atoms with Crippen molar-refractivity contribution in [2.45, 2.75) is 270 Å². The van der Waals surface area contributed by atoms with Gasteiger partial charge in [0.1, 0.15) is 19.3 Å². The van der Waals surface area contributed by atoms with E-state index < -0.39 is 32.5 Å². The number of likely N-dealkylation sites (N-methyl/N-ethyl adjacent to an activating group) is 1. The fourth-order valence-electron chi connectivity index (χ4n) is 8.21. The summed E-state index contributed by atoms with van der Waals surface area (Å²) in [7, 11) is 1.15. The van der Waals surface area contributed by atoms with E-state index in [2.05, 4.69) is 86.8 Å². The number of ether oxygens (including phenoxy) is 1. The molecule has 0 aromatic rings. The molecule has 418 valence electrons. The fraction of sp³-hybridized carbons (Fsp3) is 0.774. The van der Waals surface area contributed by atoms with Crippen LogP contribution in [0.2, 0.25) is 0 Å². The molecule has 1 N–H and O–H groups in total. The highest BCUT2D eigenvalue weighted by atomic mass is 31.2. The van der Waals surface area contributed by atoms with Crippen LogP contribution in [0.25, 0.3) is 0 Å². The molecule has 3 atom stereocenters. The first-order valence-electron chi connectivity index (χ1n) is 29.7. The van der Waals surface area contributed by atoms with Crippen LogP contribution in [-0.4, -0.2) is 69.4 Å². The van der Waals surface area contributed by atoms with Crippen LogP contribution in [0.4, 0.5) is 0 Å². The molecule has 0 aromatic heterocycles. The third-order valence-corrected chi connectivity index (χ3v) is 13.8. The van der Waals surface area contributed by atoms with Crippen molar-refractivity contribution in [2.24, 2.45) is 0 Å². The Morgan fingerprint density at radius 3 is 1.33 bits per heavy atom. The number of esters is 1. The number of allylic oxidation sites excluding steroid dienone is 11. The first kappa shape index (κ1) is 69.5. The number of quaternary nitrogens is 1. The van der Waals surface area contributed by atoms with E-state index in [0.29, 0.717) is 23.9 Å². The average molecular weight is 1030 g/mol. The van der Waals surface area contributed by atoms with Crippen molar-refractivity contribution >= 4 is 19.7 Å². The van der Waals surface area contributed by atoms with E-state index >= 15 is 0 Å². The molecule has 0 saturated heterocycles. The van der Waals surface area contributed by atoms with Gasteiger partial charge < -0.3 is 28.5 Å². The van der Waals surface area contributed by atoms with E-state index in [1.165, 1.54) is 141 Å². The maximum absolute atomic E-state index is 13.5. The van der Waals surface area contributed by atoms with Crippen molar-refractivity contribution < 1.29 is 37.3 Å². The summed E-state index contributed by atoms with van der Waals surface area (Å²) in [4.78, 5) is 39.9.